The highest BCUT2D eigenvalue weighted by molar-refractivity contribution is 7.21. The minimum atomic E-state index is -1.03. The zero-order valence-electron chi connectivity index (χ0n) is 14.5. The van der Waals surface area contributed by atoms with E-state index in [1.54, 1.807) is 4.90 Å². The van der Waals surface area contributed by atoms with E-state index in [2.05, 4.69) is 22.2 Å². The van der Waals surface area contributed by atoms with Gasteiger partial charge in [-0.2, -0.15) is 0 Å². The standard InChI is InChI=1S/C16H22N6O3S/c1-2-3-9-8-10(21-4-6-22(7-5-21)16(25)20-18)19-14-11(9)12(17)13(26-14)15(23)24/h8H,2-7,17-18H2,1H3,(H,20,25)(H,23,24). The van der Waals surface area contributed by atoms with Crippen LogP contribution in [0.1, 0.15) is 28.6 Å². The Morgan fingerprint density at radius 3 is 2.62 bits per heavy atom. The average Bonchev–Trinajstić information content (AvgIpc) is 2.98. The van der Waals surface area contributed by atoms with Crippen LogP contribution in [0.5, 0.6) is 0 Å². The molecule has 3 rings (SSSR count). The first kappa shape index (κ1) is 18.2. The fraction of sp³-hybridized carbons (Fsp3) is 0.438. The van der Waals surface area contributed by atoms with Crippen LogP contribution in [0.2, 0.25) is 0 Å². The van der Waals surface area contributed by atoms with Gasteiger partial charge in [-0.1, -0.05) is 13.3 Å². The summed E-state index contributed by atoms with van der Waals surface area (Å²) >= 11 is 1.11. The van der Waals surface area contributed by atoms with Crippen molar-refractivity contribution in [1.29, 1.82) is 0 Å². The quantitative estimate of drug-likeness (QED) is 0.357. The molecule has 3 heterocycles. The minimum absolute atomic E-state index is 0.131. The third kappa shape index (κ3) is 3.25. The Hall–Kier alpha value is -2.59. The first-order chi connectivity index (χ1) is 12.5. The summed E-state index contributed by atoms with van der Waals surface area (Å²) in [5.41, 5.74) is 9.53. The number of amides is 2. The lowest BCUT2D eigenvalue weighted by Gasteiger charge is -2.35. The molecule has 1 aliphatic rings. The van der Waals surface area contributed by atoms with Crippen LogP contribution in [0.15, 0.2) is 6.07 Å². The van der Waals surface area contributed by atoms with Crippen LogP contribution in [0.4, 0.5) is 16.3 Å². The molecule has 0 aromatic carbocycles. The van der Waals surface area contributed by atoms with Crippen LogP contribution in [-0.2, 0) is 6.42 Å². The van der Waals surface area contributed by atoms with Crippen molar-refractivity contribution in [2.45, 2.75) is 19.8 Å². The number of pyridine rings is 1. The number of fused-ring (bicyclic) bond motifs is 1. The maximum absolute atomic E-state index is 11.6. The maximum Gasteiger partial charge on any atom is 0.348 e. The van der Waals surface area contributed by atoms with Gasteiger partial charge in [0.2, 0.25) is 0 Å². The lowest BCUT2D eigenvalue weighted by molar-refractivity contribution is 0.0703. The third-order valence-corrected chi connectivity index (χ3v) is 5.58. The molecular weight excluding hydrogens is 356 g/mol. The lowest BCUT2D eigenvalue weighted by Crippen LogP contribution is -2.53. The van der Waals surface area contributed by atoms with Crippen molar-refractivity contribution in [1.82, 2.24) is 15.3 Å². The van der Waals surface area contributed by atoms with E-state index in [4.69, 9.17) is 11.6 Å². The van der Waals surface area contributed by atoms with Gasteiger partial charge in [0.25, 0.3) is 0 Å². The van der Waals surface area contributed by atoms with Crippen LogP contribution in [0, 0.1) is 0 Å². The number of hydrogen-bond donors (Lipinski definition) is 4. The van der Waals surface area contributed by atoms with E-state index < -0.39 is 5.97 Å². The number of nitrogens with one attached hydrogen (secondary N) is 1. The monoisotopic (exact) mass is 378 g/mol. The van der Waals surface area contributed by atoms with E-state index in [1.165, 1.54) is 0 Å². The van der Waals surface area contributed by atoms with Gasteiger partial charge in [-0.25, -0.2) is 20.4 Å². The van der Waals surface area contributed by atoms with Crippen molar-refractivity contribution < 1.29 is 14.7 Å². The average molecular weight is 378 g/mol. The van der Waals surface area contributed by atoms with E-state index in [0.717, 1.165) is 40.9 Å². The number of carbonyl (C=O) groups is 2. The summed E-state index contributed by atoms with van der Waals surface area (Å²) < 4.78 is 0. The van der Waals surface area contributed by atoms with Crippen LogP contribution < -0.4 is 21.9 Å². The second-order valence-corrected chi connectivity index (χ2v) is 7.14. The Morgan fingerprint density at radius 1 is 1.35 bits per heavy atom. The smallest absolute Gasteiger partial charge is 0.348 e. The number of carbonyl (C=O) groups excluding carboxylic acids is 1. The molecule has 9 nitrogen and oxygen atoms in total. The number of urea groups is 1. The molecule has 26 heavy (non-hydrogen) atoms. The number of hydrogen-bond acceptors (Lipinski definition) is 7. The van der Waals surface area contributed by atoms with E-state index in [9.17, 15) is 14.7 Å². The number of carboxylic acid groups (broad SMARTS) is 1. The number of aryl methyl sites for hydroxylation is 1. The van der Waals surface area contributed by atoms with Gasteiger partial charge in [-0.15, -0.1) is 11.3 Å². The normalized spacial score (nSPS) is 14.7. The summed E-state index contributed by atoms with van der Waals surface area (Å²) in [6.07, 6.45) is 1.71. The SMILES string of the molecule is CCCc1cc(N2CCN(C(=O)NN)CC2)nc2sc(C(=O)O)c(N)c12. The molecule has 0 bridgehead atoms. The van der Waals surface area contributed by atoms with Crippen molar-refractivity contribution in [3.8, 4) is 0 Å². The summed E-state index contributed by atoms with van der Waals surface area (Å²) in [6.45, 7) is 4.41. The van der Waals surface area contributed by atoms with E-state index in [0.29, 0.717) is 36.7 Å². The molecule has 6 N–H and O–H groups in total. The zero-order chi connectivity index (χ0) is 18.8. The maximum atomic E-state index is 11.6. The van der Waals surface area contributed by atoms with Gasteiger partial charge in [-0.05, 0) is 18.1 Å². The van der Waals surface area contributed by atoms with Crippen LogP contribution >= 0.6 is 11.3 Å². The van der Waals surface area contributed by atoms with Crippen molar-refractivity contribution in [3.63, 3.8) is 0 Å². The summed E-state index contributed by atoms with van der Waals surface area (Å²) in [6, 6.07) is 1.69. The Labute approximate surface area is 154 Å². The Kier molecular flexibility index (Phi) is 5.14. The van der Waals surface area contributed by atoms with E-state index in [1.807, 2.05) is 6.07 Å². The predicted molar refractivity (Wildman–Crippen MR) is 101 cm³/mol. The van der Waals surface area contributed by atoms with Gasteiger partial charge in [0.15, 0.2) is 0 Å². The largest absolute Gasteiger partial charge is 0.477 e. The van der Waals surface area contributed by atoms with E-state index in [-0.39, 0.29) is 10.9 Å². The molecule has 0 atom stereocenters. The molecule has 140 valence electrons. The second kappa shape index (κ2) is 7.34. The van der Waals surface area contributed by atoms with E-state index >= 15 is 0 Å². The molecule has 2 amide bonds. The molecule has 1 fully saturated rings. The molecule has 1 saturated heterocycles. The highest BCUT2D eigenvalue weighted by Gasteiger charge is 2.24. The predicted octanol–water partition coefficient (Wildman–Crippen LogP) is 1.23. The molecule has 0 unspecified atom stereocenters. The van der Waals surface area contributed by atoms with Crippen LogP contribution in [0.3, 0.4) is 0 Å². The molecule has 2 aromatic rings. The number of piperazine rings is 1. The molecule has 0 saturated carbocycles. The van der Waals surface area contributed by atoms with Crippen molar-refractivity contribution in [2.75, 3.05) is 36.8 Å². The number of rotatable bonds is 4. The lowest BCUT2D eigenvalue weighted by atomic mass is 10.1. The molecule has 0 spiro atoms. The van der Waals surface area contributed by atoms with Gasteiger partial charge >= 0.3 is 12.0 Å². The number of aromatic nitrogens is 1. The number of nitrogens with two attached hydrogens (primary N) is 2. The zero-order valence-corrected chi connectivity index (χ0v) is 15.3. The number of nitrogen functional groups attached to an aromatic ring is 1. The Morgan fingerprint density at radius 2 is 2.04 bits per heavy atom. The highest BCUT2D eigenvalue weighted by atomic mass is 32.1. The summed E-state index contributed by atoms with van der Waals surface area (Å²) in [4.78, 5) is 32.2. The summed E-state index contributed by atoms with van der Waals surface area (Å²) in [7, 11) is 0. The first-order valence-electron chi connectivity index (χ1n) is 8.41. The summed E-state index contributed by atoms with van der Waals surface area (Å²) in [5.74, 6) is 4.93. The highest BCUT2D eigenvalue weighted by Crippen LogP contribution is 2.37. The molecule has 0 radical (unpaired) electrons. The first-order valence-corrected chi connectivity index (χ1v) is 9.23. The summed E-state index contributed by atoms with van der Waals surface area (Å²) in [5, 5.41) is 10.1. The van der Waals surface area contributed by atoms with Gasteiger partial charge in [0.05, 0.1) is 5.69 Å². The van der Waals surface area contributed by atoms with Gasteiger partial charge in [0, 0.05) is 31.6 Å². The van der Waals surface area contributed by atoms with Crippen molar-refractivity contribution in [3.05, 3.63) is 16.5 Å². The van der Waals surface area contributed by atoms with Crippen LogP contribution in [-0.4, -0.2) is 53.2 Å². The molecule has 0 aliphatic carbocycles. The topological polar surface area (TPSA) is 138 Å². The molecule has 2 aromatic heterocycles. The second-order valence-electron chi connectivity index (χ2n) is 6.14. The fourth-order valence-electron chi connectivity index (χ4n) is 3.20. The fourth-order valence-corrected chi connectivity index (χ4v) is 4.18. The number of anilines is 2. The number of thiophene rings is 1. The van der Waals surface area contributed by atoms with Crippen LogP contribution in [0.25, 0.3) is 10.2 Å². The molecule has 10 heteroatoms. The molecule has 1 aliphatic heterocycles. The van der Waals surface area contributed by atoms with Crippen molar-refractivity contribution >= 4 is 45.1 Å². The van der Waals surface area contributed by atoms with Gasteiger partial charge in [0.1, 0.15) is 15.5 Å². The number of nitrogens with zero attached hydrogens (tertiary/aromatic N) is 3. The third-order valence-electron chi connectivity index (χ3n) is 4.50. The van der Waals surface area contributed by atoms with Crippen molar-refractivity contribution in [2.24, 2.45) is 5.84 Å². The number of carboxylic acids is 1. The number of hydrazine groups is 1. The minimum Gasteiger partial charge on any atom is -0.477 e. The molecular formula is C16H22N6O3S. The Bertz CT molecular complexity index is 844. The van der Waals surface area contributed by atoms with Gasteiger partial charge < -0.3 is 20.6 Å². The van der Waals surface area contributed by atoms with Gasteiger partial charge in [-0.3, -0.25) is 5.43 Å². The number of aromatic carboxylic acids is 1. The Balaban J connectivity index is 1.95.